The first-order valence-electron chi connectivity index (χ1n) is 6.14. The molecule has 0 heterocycles. The fraction of sp³-hybridized carbons (Fsp3) is 0.800. The van der Waals surface area contributed by atoms with Gasteiger partial charge in [-0.3, -0.25) is 9.59 Å². The highest BCUT2D eigenvalue weighted by Gasteiger charge is 2.31. The molecule has 0 aromatic rings. The number of phosphoric acid groups is 1. The van der Waals surface area contributed by atoms with Crippen molar-refractivity contribution in [2.75, 3.05) is 0 Å². The van der Waals surface area contributed by atoms with Crippen molar-refractivity contribution < 1.29 is 38.5 Å². The topological polar surface area (TPSA) is 154 Å². The fourth-order valence-corrected chi connectivity index (χ4v) is 1.74. The lowest BCUT2D eigenvalue weighted by Gasteiger charge is -2.21. The Morgan fingerprint density at radius 2 is 1.19 bits per heavy atom. The van der Waals surface area contributed by atoms with Crippen LogP contribution in [-0.4, -0.2) is 39.1 Å². The van der Waals surface area contributed by atoms with E-state index in [1.807, 2.05) is 11.0 Å². The Morgan fingerprint density at radius 3 is 1.38 bits per heavy atom. The molecule has 0 aliphatic rings. The van der Waals surface area contributed by atoms with Gasteiger partial charge in [-0.15, -0.1) is 0 Å². The number of hydroxylamine groups is 2. The van der Waals surface area contributed by atoms with Crippen LogP contribution in [0, 0.1) is 11.8 Å². The molecule has 0 spiro atoms. The molecule has 0 aliphatic carbocycles. The maximum Gasteiger partial charge on any atom is 0.505 e. The Labute approximate surface area is 122 Å². The SMILES string of the molecule is CC(C)[C@H](NOP(=O)(O)ON[C@H](C(=O)O)C(C)C)C(=O)O. The van der Waals surface area contributed by atoms with E-state index in [0.717, 1.165) is 0 Å². The molecule has 5 N–H and O–H groups in total. The predicted octanol–water partition coefficient (Wildman–Crippen LogP) is 0.348. The number of hydrogen-bond donors (Lipinski definition) is 5. The summed E-state index contributed by atoms with van der Waals surface area (Å²) in [6.07, 6.45) is 0. The molecule has 0 aromatic heterocycles. The Balaban J connectivity index is 4.53. The minimum absolute atomic E-state index is 0.419. The van der Waals surface area contributed by atoms with Crippen LogP contribution in [0.3, 0.4) is 0 Å². The first-order valence-corrected chi connectivity index (χ1v) is 7.64. The van der Waals surface area contributed by atoms with Crippen LogP contribution >= 0.6 is 7.82 Å². The molecule has 0 aliphatic heterocycles. The van der Waals surface area contributed by atoms with Gasteiger partial charge in [-0.05, 0) is 11.8 Å². The van der Waals surface area contributed by atoms with E-state index in [-0.39, 0.29) is 0 Å². The predicted molar refractivity (Wildman–Crippen MR) is 70.8 cm³/mol. The zero-order chi connectivity index (χ0) is 16.8. The van der Waals surface area contributed by atoms with Crippen molar-refractivity contribution in [1.82, 2.24) is 11.0 Å². The first kappa shape index (κ1) is 20.0. The number of carboxylic acid groups (broad SMARTS) is 2. The summed E-state index contributed by atoms with van der Waals surface area (Å²) in [6, 6.07) is -2.45. The van der Waals surface area contributed by atoms with Crippen LogP contribution in [0.2, 0.25) is 0 Å². The quantitative estimate of drug-likeness (QED) is 0.280. The zero-order valence-electron chi connectivity index (χ0n) is 12.1. The summed E-state index contributed by atoms with van der Waals surface area (Å²) >= 11 is 0. The van der Waals surface area contributed by atoms with Crippen LogP contribution in [0.5, 0.6) is 0 Å². The fourth-order valence-electron chi connectivity index (χ4n) is 1.21. The van der Waals surface area contributed by atoms with Gasteiger partial charge in [-0.25, -0.2) is 4.57 Å². The molecule has 21 heavy (non-hydrogen) atoms. The van der Waals surface area contributed by atoms with Crippen LogP contribution in [-0.2, 0) is 23.4 Å². The lowest BCUT2D eigenvalue weighted by atomic mass is 10.1. The third kappa shape index (κ3) is 7.51. The lowest BCUT2D eigenvalue weighted by Crippen LogP contribution is -2.42. The van der Waals surface area contributed by atoms with Gasteiger partial charge in [-0.1, -0.05) is 27.7 Å². The molecule has 0 fully saturated rings. The summed E-state index contributed by atoms with van der Waals surface area (Å²) in [5.74, 6) is -3.39. The van der Waals surface area contributed by atoms with E-state index in [1.165, 1.54) is 0 Å². The van der Waals surface area contributed by atoms with E-state index in [2.05, 4.69) is 9.25 Å². The number of hydrogen-bond acceptors (Lipinski definition) is 7. The van der Waals surface area contributed by atoms with Gasteiger partial charge in [0.25, 0.3) is 0 Å². The summed E-state index contributed by atoms with van der Waals surface area (Å²) < 4.78 is 20.2. The van der Waals surface area contributed by atoms with Gasteiger partial charge in [0.05, 0.1) is 0 Å². The third-order valence-corrected chi connectivity index (χ3v) is 3.13. The van der Waals surface area contributed by atoms with Gasteiger partial charge in [-0.2, -0.15) is 20.2 Å². The summed E-state index contributed by atoms with van der Waals surface area (Å²) in [6.45, 7) is 6.26. The summed E-state index contributed by atoms with van der Waals surface area (Å²) in [4.78, 5) is 31.0. The van der Waals surface area contributed by atoms with Crippen molar-refractivity contribution in [3.05, 3.63) is 0 Å². The minimum atomic E-state index is -4.71. The van der Waals surface area contributed by atoms with Crippen molar-refractivity contribution in [2.45, 2.75) is 39.8 Å². The van der Waals surface area contributed by atoms with E-state index in [9.17, 15) is 19.0 Å². The van der Waals surface area contributed by atoms with Gasteiger partial charge >= 0.3 is 19.8 Å². The van der Waals surface area contributed by atoms with Crippen LogP contribution in [0.4, 0.5) is 0 Å². The molecular formula is C10H21N2O8P. The average molecular weight is 328 g/mol. The molecule has 11 heteroatoms. The second kappa shape index (κ2) is 8.42. The molecule has 124 valence electrons. The second-order valence-electron chi connectivity index (χ2n) is 5.01. The third-order valence-electron chi connectivity index (χ3n) is 2.46. The van der Waals surface area contributed by atoms with Crippen molar-refractivity contribution in [3.8, 4) is 0 Å². The van der Waals surface area contributed by atoms with Crippen LogP contribution in [0.1, 0.15) is 27.7 Å². The highest BCUT2D eigenvalue weighted by molar-refractivity contribution is 7.47. The number of rotatable bonds is 10. The van der Waals surface area contributed by atoms with E-state index < -0.39 is 43.7 Å². The zero-order valence-corrected chi connectivity index (χ0v) is 13.0. The summed E-state index contributed by atoms with van der Waals surface area (Å²) in [5, 5.41) is 17.7. The molecule has 0 bridgehead atoms. The lowest BCUT2D eigenvalue weighted by molar-refractivity contribution is -0.143. The van der Waals surface area contributed by atoms with E-state index in [1.54, 1.807) is 27.7 Å². The number of aliphatic carboxylic acids is 2. The van der Waals surface area contributed by atoms with Crippen molar-refractivity contribution in [3.63, 3.8) is 0 Å². The highest BCUT2D eigenvalue weighted by atomic mass is 31.2. The van der Waals surface area contributed by atoms with E-state index in [4.69, 9.17) is 10.2 Å². The Bertz CT molecular complexity index is 380. The molecule has 0 aromatic carbocycles. The van der Waals surface area contributed by atoms with Crippen molar-refractivity contribution >= 4 is 19.8 Å². The molecule has 0 saturated carbocycles. The summed E-state index contributed by atoms with van der Waals surface area (Å²) in [7, 11) is -4.71. The maximum atomic E-state index is 11.5. The smallest absolute Gasteiger partial charge is 0.480 e. The van der Waals surface area contributed by atoms with Gasteiger partial charge in [0.15, 0.2) is 0 Å². The minimum Gasteiger partial charge on any atom is -0.480 e. The van der Waals surface area contributed by atoms with Crippen LogP contribution in [0.15, 0.2) is 0 Å². The molecule has 0 saturated heterocycles. The van der Waals surface area contributed by atoms with E-state index in [0.29, 0.717) is 0 Å². The Morgan fingerprint density at radius 1 is 0.905 bits per heavy atom. The monoisotopic (exact) mass is 328 g/mol. The van der Waals surface area contributed by atoms with Gasteiger partial charge in [0.2, 0.25) is 0 Å². The summed E-state index contributed by atoms with van der Waals surface area (Å²) in [5.41, 5.74) is 3.83. The molecule has 2 atom stereocenters. The molecule has 10 nitrogen and oxygen atoms in total. The highest BCUT2D eigenvalue weighted by Crippen LogP contribution is 2.41. The molecule has 0 radical (unpaired) electrons. The Kier molecular flexibility index (Phi) is 8.01. The maximum absolute atomic E-state index is 11.5. The number of nitrogens with one attached hydrogen (secondary N) is 2. The number of carboxylic acids is 2. The Hall–Kier alpha value is -1.03. The molecule has 0 rings (SSSR count). The van der Waals surface area contributed by atoms with Crippen molar-refractivity contribution in [2.24, 2.45) is 11.8 Å². The first-order chi connectivity index (χ1) is 9.48. The van der Waals surface area contributed by atoms with Gasteiger partial charge < -0.3 is 15.1 Å². The number of carbonyl (C=O) groups is 2. The second-order valence-corrected chi connectivity index (χ2v) is 6.31. The van der Waals surface area contributed by atoms with Crippen molar-refractivity contribution in [1.29, 1.82) is 0 Å². The van der Waals surface area contributed by atoms with Crippen LogP contribution < -0.4 is 11.0 Å². The van der Waals surface area contributed by atoms with Gasteiger partial charge in [0, 0.05) is 0 Å². The molecular weight excluding hydrogens is 307 g/mol. The van der Waals surface area contributed by atoms with E-state index >= 15 is 0 Å². The standard InChI is InChI=1S/C10H21N2O8P/c1-5(2)7(9(13)14)11-19-21(17,18)20-12-8(6(3)4)10(15)16/h5-8,11-12H,1-4H3,(H,13,14)(H,15,16)(H,17,18)/t7-,8-/m0/s1. The molecule has 0 unspecified atom stereocenters. The van der Waals surface area contributed by atoms with Crippen LogP contribution in [0.25, 0.3) is 0 Å². The average Bonchev–Trinajstić information content (AvgIpc) is 2.26. The normalized spacial score (nSPS) is 15.2. The largest absolute Gasteiger partial charge is 0.505 e. The van der Waals surface area contributed by atoms with Gasteiger partial charge in [0.1, 0.15) is 12.1 Å². The molecule has 0 amide bonds.